The van der Waals surface area contributed by atoms with Gasteiger partial charge in [-0.1, -0.05) is 12.6 Å². The number of ether oxygens (including phenoxy) is 2. The van der Waals surface area contributed by atoms with Crippen molar-refractivity contribution in [1.29, 1.82) is 0 Å². The maximum absolute atomic E-state index is 11.0. The molecule has 0 radical (unpaired) electrons. The maximum atomic E-state index is 11.0. The summed E-state index contributed by atoms with van der Waals surface area (Å²) in [5.74, 6) is -0.467. The molecule has 22 heavy (non-hydrogen) atoms. The molecular formula is C17H18O5. The second kappa shape index (κ2) is 6.47. The fraction of sp³-hybridized carbons (Fsp3) is 0.294. The van der Waals surface area contributed by atoms with Crippen molar-refractivity contribution >= 4 is 12.3 Å². The van der Waals surface area contributed by atoms with E-state index in [0.29, 0.717) is 24.0 Å². The van der Waals surface area contributed by atoms with Crippen LogP contribution in [-0.2, 0) is 20.7 Å². The number of benzene rings is 1. The number of aliphatic carboxylic acids is 1. The number of carbonyl (C=O) groups is 2. The summed E-state index contributed by atoms with van der Waals surface area (Å²) in [5, 5.41) is 8.99. The smallest absolute Gasteiger partial charge is 0.370 e. The van der Waals surface area contributed by atoms with Crippen LogP contribution in [-0.4, -0.2) is 23.5 Å². The van der Waals surface area contributed by atoms with Crippen LogP contribution in [0.25, 0.3) is 0 Å². The number of carboxylic acid groups (broad SMARTS) is 1. The summed E-state index contributed by atoms with van der Waals surface area (Å²) in [7, 11) is 0. The van der Waals surface area contributed by atoms with Crippen molar-refractivity contribution < 1.29 is 24.2 Å². The second-order valence-corrected chi connectivity index (χ2v) is 5.09. The Hall–Kier alpha value is -2.56. The Kier molecular flexibility index (Phi) is 4.65. The van der Waals surface area contributed by atoms with Crippen molar-refractivity contribution in [2.24, 2.45) is 0 Å². The highest BCUT2D eigenvalue weighted by molar-refractivity contribution is 5.84. The largest absolute Gasteiger partial charge is 0.485 e. The predicted octanol–water partition coefficient (Wildman–Crippen LogP) is 2.81. The van der Waals surface area contributed by atoms with Gasteiger partial charge in [-0.25, -0.2) is 4.79 Å². The number of hydrogen-bond donors (Lipinski definition) is 1. The Balaban J connectivity index is 2.15. The van der Waals surface area contributed by atoms with E-state index < -0.39 is 12.1 Å². The third-order valence-electron chi connectivity index (χ3n) is 3.57. The average Bonchev–Trinajstić information content (AvgIpc) is 2.94. The lowest BCUT2D eigenvalue weighted by molar-refractivity contribution is -0.137. The molecule has 1 aromatic rings. The van der Waals surface area contributed by atoms with Crippen molar-refractivity contribution in [3.8, 4) is 5.75 Å². The fourth-order valence-electron chi connectivity index (χ4n) is 2.30. The van der Waals surface area contributed by atoms with Gasteiger partial charge in [0.2, 0.25) is 5.76 Å². The van der Waals surface area contributed by atoms with Crippen LogP contribution in [0, 0.1) is 0 Å². The number of carboxylic acids is 1. The summed E-state index contributed by atoms with van der Waals surface area (Å²) in [5.41, 5.74) is 2.21. The molecule has 0 saturated carbocycles. The third kappa shape index (κ3) is 3.19. The van der Waals surface area contributed by atoms with Gasteiger partial charge in [0.25, 0.3) is 0 Å². The number of carbonyl (C=O) groups excluding carboxylic acids is 1. The highest BCUT2D eigenvalue weighted by Gasteiger charge is 2.26. The molecule has 116 valence electrons. The van der Waals surface area contributed by atoms with Crippen LogP contribution in [0.15, 0.2) is 42.2 Å². The molecule has 1 aliphatic rings. The molecule has 2 unspecified atom stereocenters. The minimum absolute atomic E-state index is 0.0866. The van der Waals surface area contributed by atoms with Crippen LogP contribution in [0.5, 0.6) is 5.75 Å². The Morgan fingerprint density at radius 2 is 2.27 bits per heavy atom. The molecule has 0 spiro atoms. The number of allylic oxidation sites excluding steroid dienone is 1. The van der Waals surface area contributed by atoms with Gasteiger partial charge >= 0.3 is 5.97 Å². The topological polar surface area (TPSA) is 72.8 Å². The van der Waals surface area contributed by atoms with E-state index >= 15 is 0 Å². The second-order valence-electron chi connectivity index (χ2n) is 5.09. The third-order valence-corrected chi connectivity index (χ3v) is 3.57. The van der Waals surface area contributed by atoms with Gasteiger partial charge in [0.1, 0.15) is 24.2 Å². The van der Waals surface area contributed by atoms with Crippen LogP contribution >= 0.6 is 0 Å². The molecule has 1 aromatic carbocycles. The molecule has 0 aliphatic carbocycles. The SMILES string of the molecule is C=C(C=O)C1Cc2cc(C(C)OC(=CC)C(=O)O)ccc2O1. The quantitative estimate of drug-likeness (QED) is 0.497. The van der Waals surface area contributed by atoms with E-state index in [2.05, 4.69) is 6.58 Å². The average molecular weight is 302 g/mol. The van der Waals surface area contributed by atoms with Gasteiger partial charge in [-0.05, 0) is 43.2 Å². The van der Waals surface area contributed by atoms with E-state index in [1.807, 2.05) is 12.1 Å². The van der Waals surface area contributed by atoms with Crippen molar-refractivity contribution in [3.63, 3.8) is 0 Å². The van der Waals surface area contributed by atoms with E-state index in [1.54, 1.807) is 19.9 Å². The normalized spacial score (nSPS) is 18.1. The molecule has 1 aliphatic heterocycles. The van der Waals surface area contributed by atoms with Gasteiger partial charge in [0.05, 0.1) is 0 Å². The number of hydrogen-bond acceptors (Lipinski definition) is 4. The first-order chi connectivity index (χ1) is 10.5. The Morgan fingerprint density at radius 1 is 1.55 bits per heavy atom. The minimum Gasteiger partial charge on any atom is -0.485 e. The Labute approximate surface area is 128 Å². The molecule has 0 aromatic heterocycles. The lowest BCUT2D eigenvalue weighted by Gasteiger charge is -2.15. The molecule has 5 heteroatoms. The summed E-state index contributed by atoms with van der Waals surface area (Å²) in [6.07, 6.45) is 1.96. The van der Waals surface area contributed by atoms with Gasteiger partial charge < -0.3 is 14.6 Å². The van der Waals surface area contributed by atoms with Crippen LogP contribution in [0.1, 0.15) is 31.1 Å². The van der Waals surface area contributed by atoms with Crippen molar-refractivity contribution in [2.45, 2.75) is 32.5 Å². The number of rotatable bonds is 6. The summed E-state index contributed by atoms with van der Waals surface area (Å²) in [6.45, 7) is 7.07. The zero-order valence-corrected chi connectivity index (χ0v) is 12.5. The summed E-state index contributed by atoms with van der Waals surface area (Å²) < 4.78 is 11.1. The van der Waals surface area contributed by atoms with Gasteiger partial charge in [-0.15, -0.1) is 0 Å². The van der Waals surface area contributed by atoms with Gasteiger partial charge in [0, 0.05) is 12.0 Å². The number of fused-ring (bicyclic) bond motifs is 1. The zero-order chi connectivity index (χ0) is 16.3. The summed E-state index contributed by atoms with van der Waals surface area (Å²) in [6, 6.07) is 5.54. The lowest BCUT2D eigenvalue weighted by Crippen LogP contribution is -2.16. The fourth-order valence-corrected chi connectivity index (χ4v) is 2.30. The first-order valence-electron chi connectivity index (χ1n) is 6.96. The molecule has 0 saturated heterocycles. The standard InChI is InChI=1S/C17H18O5/c1-4-14(17(19)20)21-11(3)12-5-6-15-13(7-12)8-16(22-15)10(2)9-18/h4-7,9,11,16H,2,8H2,1,3H3,(H,19,20). The first kappa shape index (κ1) is 15.8. The molecule has 0 fully saturated rings. The molecular weight excluding hydrogens is 284 g/mol. The summed E-state index contributed by atoms with van der Waals surface area (Å²) in [4.78, 5) is 21.8. The lowest BCUT2D eigenvalue weighted by atomic mass is 10.0. The van der Waals surface area contributed by atoms with E-state index in [1.165, 1.54) is 6.08 Å². The molecule has 2 rings (SSSR count). The first-order valence-corrected chi connectivity index (χ1v) is 6.96. The van der Waals surface area contributed by atoms with Crippen molar-refractivity contribution in [3.05, 3.63) is 53.3 Å². The minimum atomic E-state index is -1.10. The monoisotopic (exact) mass is 302 g/mol. The van der Waals surface area contributed by atoms with Crippen LogP contribution in [0.2, 0.25) is 0 Å². The molecule has 5 nitrogen and oxygen atoms in total. The molecule has 1 heterocycles. The highest BCUT2D eigenvalue weighted by atomic mass is 16.5. The van der Waals surface area contributed by atoms with E-state index in [0.717, 1.165) is 11.1 Å². The molecule has 0 amide bonds. The molecule has 2 atom stereocenters. The van der Waals surface area contributed by atoms with Crippen LogP contribution < -0.4 is 4.74 Å². The van der Waals surface area contributed by atoms with E-state index in [-0.39, 0.29) is 11.9 Å². The van der Waals surface area contributed by atoms with Gasteiger partial charge in [-0.2, -0.15) is 0 Å². The van der Waals surface area contributed by atoms with Crippen molar-refractivity contribution in [1.82, 2.24) is 0 Å². The van der Waals surface area contributed by atoms with Crippen LogP contribution in [0.4, 0.5) is 0 Å². The Morgan fingerprint density at radius 3 is 2.86 bits per heavy atom. The predicted molar refractivity (Wildman–Crippen MR) is 80.7 cm³/mol. The zero-order valence-electron chi connectivity index (χ0n) is 12.5. The van der Waals surface area contributed by atoms with Gasteiger partial charge in [-0.3, -0.25) is 4.79 Å². The molecule has 1 N–H and O–H groups in total. The Bertz CT molecular complexity index is 644. The van der Waals surface area contributed by atoms with Gasteiger partial charge in [0.15, 0.2) is 0 Å². The van der Waals surface area contributed by atoms with Crippen LogP contribution in [0.3, 0.4) is 0 Å². The van der Waals surface area contributed by atoms with E-state index in [9.17, 15) is 9.59 Å². The summed E-state index contributed by atoms with van der Waals surface area (Å²) >= 11 is 0. The highest BCUT2D eigenvalue weighted by Crippen LogP contribution is 2.34. The maximum Gasteiger partial charge on any atom is 0.370 e. The van der Waals surface area contributed by atoms with Crippen molar-refractivity contribution in [2.75, 3.05) is 0 Å². The molecule has 0 bridgehead atoms. The van der Waals surface area contributed by atoms with E-state index in [4.69, 9.17) is 14.6 Å². The number of aldehydes is 1.